The summed E-state index contributed by atoms with van der Waals surface area (Å²) in [6.07, 6.45) is 12.0. The molecule has 0 amide bonds. The standard InChI is InChI=1S/C17H37NO3/c1-2-3-4-5-6-7-8-9-10-11-13-18-14-12-16(20)17(21)15-19/h16-21H,2-15H2,1H3/t16-,17+/m0/s1. The lowest BCUT2D eigenvalue weighted by molar-refractivity contribution is -0.0171. The number of nitrogens with one attached hydrogen (secondary N) is 1. The van der Waals surface area contributed by atoms with Crippen LogP contribution in [0.15, 0.2) is 0 Å². The van der Waals surface area contributed by atoms with Gasteiger partial charge in [-0.15, -0.1) is 0 Å². The molecule has 0 aromatic rings. The topological polar surface area (TPSA) is 72.7 Å². The van der Waals surface area contributed by atoms with Gasteiger partial charge in [-0.1, -0.05) is 64.7 Å². The third-order valence-electron chi connectivity index (χ3n) is 3.96. The van der Waals surface area contributed by atoms with E-state index in [-0.39, 0.29) is 6.61 Å². The van der Waals surface area contributed by atoms with E-state index in [0.717, 1.165) is 6.54 Å². The van der Waals surface area contributed by atoms with Crippen LogP contribution in [0.25, 0.3) is 0 Å². The summed E-state index contributed by atoms with van der Waals surface area (Å²) in [7, 11) is 0. The van der Waals surface area contributed by atoms with E-state index in [1.807, 2.05) is 0 Å². The normalized spacial score (nSPS) is 14.3. The minimum absolute atomic E-state index is 0.375. The molecule has 0 aromatic carbocycles. The highest BCUT2D eigenvalue weighted by Crippen LogP contribution is 2.10. The van der Waals surface area contributed by atoms with Crippen LogP contribution >= 0.6 is 0 Å². The van der Waals surface area contributed by atoms with E-state index in [1.54, 1.807) is 0 Å². The molecule has 0 saturated heterocycles. The second-order valence-corrected chi connectivity index (χ2v) is 6.04. The Labute approximate surface area is 131 Å². The van der Waals surface area contributed by atoms with Crippen LogP contribution < -0.4 is 5.32 Å². The molecule has 0 aliphatic rings. The zero-order chi connectivity index (χ0) is 15.8. The van der Waals surface area contributed by atoms with Gasteiger partial charge in [-0.2, -0.15) is 0 Å². The fourth-order valence-electron chi connectivity index (χ4n) is 2.43. The number of aliphatic hydroxyl groups is 3. The molecule has 0 radical (unpaired) electrons. The Balaban J connectivity index is 3.09. The third kappa shape index (κ3) is 14.5. The van der Waals surface area contributed by atoms with Gasteiger partial charge in [0, 0.05) is 0 Å². The first-order chi connectivity index (χ1) is 10.2. The summed E-state index contributed by atoms with van der Waals surface area (Å²) in [5, 5.41) is 30.6. The van der Waals surface area contributed by atoms with Gasteiger partial charge in [-0.25, -0.2) is 0 Å². The molecule has 0 fully saturated rings. The summed E-state index contributed by atoms with van der Waals surface area (Å²) in [6.45, 7) is 3.54. The maximum atomic E-state index is 9.44. The first kappa shape index (κ1) is 20.8. The van der Waals surface area contributed by atoms with Crippen LogP contribution in [-0.4, -0.2) is 47.2 Å². The molecule has 0 saturated carbocycles. The molecule has 0 aliphatic carbocycles. The highest BCUT2D eigenvalue weighted by molar-refractivity contribution is 4.66. The highest BCUT2D eigenvalue weighted by Gasteiger charge is 2.13. The van der Waals surface area contributed by atoms with Gasteiger partial charge >= 0.3 is 0 Å². The van der Waals surface area contributed by atoms with Crippen molar-refractivity contribution in [3.8, 4) is 0 Å². The van der Waals surface area contributed by atoms with Gasteiger partial charge in [0.15, 0.2) is 0 Å². The molecule has 2 atom stereocenters. The van der Waals surface area contributed by atoms with Crippen LogP contribution in [0.1, 0.15) is 77.6 Å². The van der Waals surface area contributed by atoms with Crippen molar-refractivity contribution >= 4 is 0 Å². The van der Waals surface area contributed by atoms with E-state index in [1.165, 1.54) is 64.2 Å². The van der Waals surface area contributed by atoms with Crippen LogP contribution in [0.4, 0.5) is 0 Å². The Bertz CT molecular complexity index is 202. The smallest absolute Gasteiger partial charge is 0.103 e. The Morgan fingerprint density at radius 1 is 0.714 bits per heavy atom. The minimum Gasteiger partial charge on any atom is -0.394 e. The van der Waals surface area contributed by atoms with Crippen molar-refractivity contribution in [3.63, 3.8) is 0 Å². The number of hydrogen-bond acceptors (Lipinski definition) is 4. The molecule has 0 unspecified atom stereocenters. The highest BCUT2D eigenvalue weighted by atomic mass is 16.4. The van der Waals surface area contributed by atoms with E-state index in [9.17, 15) is 10.2 Å². The Hall–Kier alpha value is -0.160. The maximum absolute atomic E-state index is 9.44. The van der Waals surface area contributed by atoms with Crippen molar-refractivity contribution < 1.29 is 15.3 Å². The van der Waals surface area contributed by atoms with Crippen LogP contribution in [0.5, 0.6) is 0 Å². The van der Waals surface area contributed by atoms with Crippen LogP contribution in [0, 0.1) is 0 Å². The molecule has 0 aliphatic heterocycles. The van der Waals surface area contributed by atoms with Gasteiger partial charge < -0.3 is 20.6 Å². The second-order valence-electron chi connectivity index (χ2n) is 6.04. The molecule has 0 bridgehead atoms. The lowest BCUT2D eigenvalue weighted by Crippen LogP contribution is -2.32. The van der Waals surface area contributed by atoms with Crippen molar-refractivity contribution in [1.29, 1.82) is 0 Å². The Morgan fingerprint density at radius 2 is 1.24 bits per heavy atom. The number of aliphatic hydroxyl groups excluding tert-OH is 3. The van der Waals surface area contributed by atoms with Gasteiger partial charge in [0.05, 0.1) is 12.7 Å². The predicted octanol–water partition coefficient (Wildman–Crippen LogP) is 2.60. The summed E-state index contributed by atoms with van der Waals surface area (Å²) >= 11 is 0. The fraction of sp³-hybridized carbons (Fsp3) is 1.00. The first-order valence-corrected chi connectivity index (χ1v) is 8.90. The minimum atomic E-state index is -1.01. The summed E-state index contributed by atoms with van der Waals surface area (Å²) in [6, 6.07) is 0. The molecule has 4 nitrogen and oxygen atoms in total. The maximum Gasteiger partial charge on any atom is 0.103 e. The average Bonchev–Trinajstić information content (AvgIpc) is 2.50. The van der Waals surface area contributed by atoms with Gasteiger partial charge in [-0.05, 0) is 25.9 Å². The van der Waals surface area contributed by atoms with Gasteiger partial charge in [0.2, 0.25) is 0 Å². The summed E-state index contributed by atoms with van der Waals surface area (Å²) in [4.78, 5) is 0. The zero-order valence-corrected chi connectivity index (χ0v) is 13.9. The van der Waals surface area contributed by atoms with E-state index in [4.69, 9.17) is 5.11 Å². The third-order valence-corrected chi connectivity index (χ3v) is 3.96. The van der Waals surface area contributed by atoms with Crippen molar-refractivity contribution in [2.75, 3.05) is 19.7 Å². The van der Waals surface area contributed by atoms with Crippen molar-refractivity contribution in [2.24, 2.45) is 0 Å². The van der Waals surface area contributed by atoms with E-state index >= 15 is 0 Å². The summed E-state index contributed by atoms with van der Waals surface area (Å²) in [5.74, 6) is 0. The number of rotatable bonds is 16. The fourth-order valence-corrected chi connectivity index (χ4v) is 2.43. The first-order valence-electron chi connectivity index (χ1n) is 8.90. The van der Waals surface area contributed by atoms with Crippen molar-refractivity contribution in [3.05, 3.63) is 0 Å². The molecule has 4 N–H and O–H groups in total. The number of unbranched alkanes of at least 4 members (excludes halogenated alkanes) is 9. The van der Waals surface area contributed by atoms with Crippen molar-refractivity contribution in [1.82, 2.24) is 5.32 Å². The molecule has 0 spiro atoms. The largest absolute Gasteiger partial charge is 0.394 e. The lowest BCUT2D eigenvalue weighted by atomic mass is 10.1. The molecular formula is C17H37NO3. The SMILES string of the molecule is CCCCCCCCCCCCNCC[C@H](O)[C@H](O)CO. The summed E-state index contributed by atoms with van der Waals surface area (Å²) < 4.78 is 0. The molecule has 21 heavy (non-hydrogen) atoms. The van der Waals surface area contributed by atoms with Crippen LogP contribution in [0.3, 0.4) is 0 Å². The molecular weight excluding hydrogens is 266 g/mol. The monoisotopic (exact) mass is 303 g/mol. The molecule has 4 heteroatoms. The molecule has 0 aromatic heterocycles. The molecule has 128 valence electrons. The lowest BCUT2D eigenvalue weighted by Gasteiger charge is -2.15. The van der Waals surface area contributed by atoms with Crippen LogP contribution in [-0.2, 0) is 0 Å². The quantitative estimate of drug-likeness (QED) is 0.331. The summed E-state index contributed by atoms with van der Waals surface area (Å²) in [5.41, 5.74) is 0. The molecule has 0 rings (SSSR count). The van der Waals surface area contributed by atoms with E-state index < -0.39 is 12.2 Å². The van der Waals surface area contributed by atoms with Gasteiger partial charge in [0.25, 0.3) is 0 Å². The molecule has 0 heterocycles. The van der Waals surface area contributed by atoms with Gasteiger partial charge in [-0.3, -0.25) is 0 Å². The number of hydrogen-bond donors (Lipinski definition) is 4. The van der Waals surface area contributed by atoms with Crippen LogP contribution in [0.2, 0.25) is 0 Å². The van der Waals surface area contributed by atoms with E-state index in [0.29, 0.717) is 13.0 Å². The van der Waals surface area contributed by atoms with Crippen molar-refractivity contribution in [2.45, 2.75) is 89.8 Å². The second kappa shape index (κ2) is 16.2. The van der Waals surface area contributed by atoms with Gasteiger partial charge in [0.1, 0.15) is 6.10 Å². The Morgan fingerprint density at radius 3 is 1.76 bits per heavy atom. The Kier molecular flexibility index (Phi) is 16.1. The predicted molar refractivity (Wildman–Crippen MR) is 88.4 cm³/mol. The van der Waals surface area contributed by atoms with E-state index in [2.05, 4.69) is 12.2 Å². The average molecular weight is 303 g/mol. The zero-order valence-electron chi connectivity index (χ0n) is 13.9.